The number of amides is 1. The zero-order chi connectivity index (χ0) is 12.1. The molecule has 0 N–H and O–H groups in total. The molecule has 0 saturated carbocycles. The van der Waals surface area contributed by atoms with Gasteiger partial charge in [-0.25, -0.2) is 8.78 Å². The normalized spacial score (nSPS) is 10.2. The molecule has 88 valence electrons. The number of hydrogen-bond donors (Lipinski definition) is 1. The monoisotopic (exact) mass is 245 g/mol. The predicted molar refractivity (Wildman–Crippen MR) is 61.6 cm³/mol. The number of benzene rings is 1. The lowest BCUT2D eigenvalue weighted by Gasteiger charge is -2.15. The third-order valence-electron chi connectivity index (χ3n) is 2.29. The van der Waals surface area contributed by atoms with E-state index in [1.807, 2.05) is 0 Å². The molecule has 0 radical (unpaired) electrons. The van der Waals surface area contributed by atoms with Crippen LogP contribution in [0.3, 0.4) is 0 Å². The lowest BCUT2D eigenvalue weighted by Crippen LogP contribution is -2.29. The molecule has 0 heterocycles. The second-order valence-corrected chi connectivity index (χ2v) is 3.78. The molecule has 16 heavy (non-hydrogen) atoms. The Morgan fingerprint density at radius 1 is 1.44 bits per heavy atom. The van der Waals surface area contributed by atoms with E-state index in [0.717, 1.165) is 6.07 Å². The average molecular weight is 245 g/mol. The Morgan fingerprint density at radius 2 is 2.12 bits per heavy atom. The summed E-state index contributed by atoms with van der Waals surface area (Å²) in [5, 5.41) is 0. The van der Waals surface area contributed by atoms with Crippen molar-refractivity contribution in [1.29, 1.82) is 0 Å². The summed E-state index contributed by atoms with van der Waals surface area (Å²) in [4.78, 5) is 12.6. The van der Waals surface area contributed by atoms with Crippen LogP contribution in [0.15, 0.2) is 18.2 Å². The largest absolute Gasteiger partial charge is 0.345 e. The first-order valence-corrected chi connectivity index (χ1v) is 5.46. The minimum Gasteiger partial charge on any atom is -0.345 e. The summed E-state index contributed by atoms with van der Waals surface area (Å²) in [6.07, 6.45) is 0.363. The van der Waals surface area contributed by atoms with Gasteiger partial charge in [0.15, 0.2) is 0 Å². The zero-order valence-corrected chi connectivity index (χ0v) is 9.81. The van der Waals surface area contributed by atoms with E-state index in [1.165, 1.54) is 17.0 Å². The Labute approximate surface area is 98.7 Å². The summed E-state index contributed by atoms with van der Waals surface area (Å²) >= 11 is 3.85. The van der Waals surface area contributed by atoms with Crippen molar-refractivity contribution in [1.82, 2.24) is 4.90 Å². The molecule has 1 aromatic carbocycles. The second kappa shape index (κ2) is 5.84. The fraction of sp³-hybridized carbons (Fsp3) is 0.364. The van der Waals surface area contributed by atoms with Crippen LogP contribution in [0.2, 0.25) is 0 Å². The fourth-order valence-electron chi connectivity index (χ4n) is 1.26. The minimum absolute atomic E-state index is 0.120. The third-order valence-corrected chi connectivity index (χ3v) is 2.56. The maximum Gasteiger partial charge on any atom is 0.232 e. The van der Waals surface area contributed by atoms with E-state index < -0.39 is 11.6 Å². The molecule has 0 aliphatic carbocycles. The van der Waals surface area contributed by atoms with Gasteiger partial charge in [0.05, 0.1) is 5.75 Å². The van der Waals surface area contributed by atoms with Crippen molar-refractivity contribution in [3.05, 3.63) is 35.4 Å². The van der Waals surface area contributed by atoms with Crippen LogP contribution in [0.5, 0.6) is 0 Å². The number of thiol groups is 1. The Morgan fingerprint density at radius 3 is 2.69 bits per heavy atom. The third kappa shape index (κ3) is 3.48. The molecule has 2 nitrogen and oxygen atoms in total. The Hall–Kier alpha value is -1.10. The number of halogens is 2. The molecule has 1 aromatic rings. The number of hydrogen-bond acceptors (Lipinski definition) is 2. The van der Waals surface area contributed by atoms with Crippen LogP contribution in [0.25, 0.3) is 0 Å². The molecule has 0 saturated heterocycles. The van der Waals surface area contributed by atoms with Crippen molar-refractivity contribution < 1.29 is 13.6 Å². The fourth-order valence-corrected chi connectivity index (χ4v) is 1.50. The topological polar surface area (TPSA) is 20.3 Å². The van der Waals surface area contributed by atoms with Gasteiger partial charge in [-0.15, -0.1) is 0 Å². The van der Waals surface area contributed by atoms with Crippen LogP contribution in [0.1, 0.15) is 5.56 Å². The van der Waals surface area contributed by atoms with Gasteiger partial charge in [-0.1, -0.05) is 6.07 Å². The first-order valence-electron chi connectivity index (χ1n) is 4.83. The first kappa shape index (κ1) is 13.0. The van der Waals surface area contributed by atoms with Gasteiger partial charge in [-0.3, -0.25) is 4.79 Å². The maximum absolute atomic E-state index is 13.2. The van der Waals surface area contributed by atoms with Crippen LogP contribution >= 0.6 is 12.6 Å². The second-order valence-electron chi connectivity index (χ2n) is 3.46. The van der Waals surface area contributed by atoms with Crippen molar-refractivity contribution >= 4 is 18.5 Å². The lowest BCUT2D eigenvalue weighted by molar-refractivity contribution is -0.127. The van der Waals surface area contributed by atoms with Crippen molar-refractivity contribution in [2.75, 3.05) is 19.3 Å². The van der Waals surface area contributed by atoms with Gasteiger partial charge in [0, 0.05) is 19.7 Å². The zero-order valence-electron chi connectivity index (χ0n) is 8.91. The summed E-state index contributed by atoms with van der Waals surface area (Å²) in [5.41, 5.74) is 0.403. The Bertz CT molecular complexity index is 384. The van der Waals surface area contributed by atoms with E-state index in [-0.39, 0.29) is 11.7 Å². The van der Waals surface area contributed by atoms with Gasteiger partial charge in [-0.05, 0) is 18.1 Å². The summed E-state index contributed by atoms with van der Waals surface area (Å²) in [7, 11) is 1.62. The molecule has 0 fully saturated rings. The number of likely N-dealkylation sites (N-methyl/N-ethyl adjacent to an activating group) is 1. The smallest absolute Gasteiger partial charge is 0.232 e. The van der Waals surface area contributed by atoms with Gasteiger partial charge in [-0.2, -0.15) is 12.6 Å². The maximum atomic E-state index is 13.2. The summed E-state index contributed by atoms with van der Waals surface area (Å²) < 4.78 is 25.8. The van der Waals surface area contributed by atoms with E-state index in [2.05, 4.69) is 12.6 Å². The first-order chi connectivity index (χ1) is 7.54. The lowest BCUT2D eigenvalue weighted by atomic mass is 10.1. The van der Waals surface area contributed by atoms with Gasteiger partial charge in [0.2, 0.25) is 5.91 Å². The number of carbonyl (C=O) groups excluding carboxylic acids is 1. The summed E-state index contributed by atoms with van der Waals surface area (Å²) in [6.45, 7) is 0.391. The minimum atomic E-state index is -0.596. The standard InChI is InChI=1S/C11H13F2NOS/c1-14(11(15)7-16)5-4-8-2-3-9(12)6-10(8)13/h2-3,6,16H,4-5,7H2,1H3. The van der Waals surface area contributed by atoms with Gasteiger partial charge < -0.3 is 4.90 Å². The predicted octanol–water partition coefficient (Wildman–Crippen LogP) is 1.90. The summed E-state index contributed by atoms with van der Waals surface area (Å²) in [5.74, 6) is -1.17. The molecule has 1 rings (SSSR count). The molecule has 0 atom stereocenters. The highest BCUT2D eigenvalue weighted by Gasteiger charge is 2.08. The summed E-state index contributed by atoms with van der Waals surface area (Å²) in [6, 6.07) is 3.44. The SMILES string of the molecule is CN(CCc1ccc(F)cc1F)C(=O)CS. The van der Waals surface area contributed by atoms with Crippen LogP contribution in [0.4, 0.5) is 8.78 Å². The van der Waals surface area contributed by atoms with Crippen molar-refractivity contribution in [2.24, 2.45) is 0 Å². The molecule has 0 bridgehead atoms. The molecule has 0 unspecified atom stereocenters. The van der Waals surface area contributed by atoms with Crippen molar-refractivity contribution in [3.8, 4) is 0 Å². The Kier molecular flexibility index (Phi) is 4.73. The van der Waals surface area contributed by atoms with E-state index in [4.69, 9.17) is 0 Å². The number of nitrogens with zero attached hydrogens (tertiary/aromatic N) is 1. The highest BCUT2D eigenvalue weighted by atomic mass is 32.1. The number of carbonyl (C=O) groups is 1. The number of rotatable bonds is 4. The van der Waals surface area contributed by atoms with Crippen molar-refractivity contribution in [2.45, 2.75) is 6.42 Å². The van der Waals surface area contributed by atoms with E-state index in [9.17, 15) is 13.6 Å². The van der Waals surface area contributed by atoms with Gasteiger partial charge in [0.25, 0.3) is 0 Å². The molecule has 0 aliphatic heterocycles. The molecular weight excluding hydrogens is 232 g/mol. The molecule has 0 aromatic heterocycles. The Balaban J connectivity index is 2.58. The molecule has 5 heteroatoms. The molecule has 0 spiro atoms. The van der Waals surface area contributed by atoms with E-state index in [0.29, 0.717) is 18.5 Å². The van der Waals surface area contributed by atoms with Crippen LogP contribution in [0, 0.1) is 11.6 Å². The highest BCUT2D eigenvalue weighted by Crippen LogP contribution is 2.10. The van der Waals surface area contributed by atoms with Gasteiger partial charge in [0.1, 0.15) is 11.6 Å². The van der Waals surface area contributed by atoms with Gasteiger partial charge >= 0.3 is 0 Å². The van der Waals surface area contributed by atoms with E-state index >= 15 is 0 Å². The highest BCUT2D eigenvalue weighted by molar-refractivity contribution is 7.81. The van der Waals surface area contributed by atoms with Crippen LogP contribution in [-0.4, -0.2) is 30.2 Å². The van der Waals surface area contributed by atoms with Crippen molar-refractivity contribution in [3.63, 3.8) is 0 Å². The quantitative estimate of drug-likeness (QED) is 0.803. The average Bonchev–Trinajstić information content (AvgIpc) is 2.26. The van der Waals surface area contributed by atoms with Crippen LogP contribution in [-0.2, 0) is 11.2 Å². The van der Waals surface area contributed by atoms with Crippen LogP contribution < -0.4 is 0 Å². The molecular formula is C11H13F2NOS. The molecule has 1 amide bonds. The molecule has 0 aliphatic rings. The van der Waals surface area contributed by atoms with E-state index in [1.54, 1.807) is 7.05 Å².